The standard InChI is InChI=1S/C76H105N17O14/c1-44(2)65(86-67(96)46(5)78-7)73(102)90-42-55-39-61(90)71(100)84-59(37-48-26-28-50-19-9-11-21-52(50)35-48)69(98)82-58(76(106)107)24-14-17-33-81-64(95)31-30-54-41-93(89-88-54)56-40-62(91(43-56)74(103)66(45(3)4)87-68(97)47(6)79-8)72(101)85-60(38-49-27-29-51-20-10-12-22-53(51)36-49)70(99)83-57(75(104)105)23-13-16-32-80-63(94)25-15-18-34-92(55)77/h9-12,18-22,26-29,34-36,41,44-47,55-62,65-66,78-79H,13-17,23-25,30-33,37-40,42-43,77H2,1-8H3,(H,80,94)(H,81,95)(H,82,98)(H,83,99)(H,84,100)(H,85,101)(H,86,96)(H,87,97)(H,104,105)(H,106,107)/b34-18+/t46-,47-,55-,56-,57-,58-,59-,60-,61-,62-,65-,66-/m0/s1. The van der Waals surface area contributed by atoms with Gasteiger partial charge in [0.15, 0.2) is 0 Å². The highest BCUT2D eigenvalue weighted by molar-refractivity contribution is 5.98. The van der Waals surface area contributed by atoms with Crippen LogP contribution in [0.1, 0.15) is 135 Å². The average molecular weight is 1480 g/mol. The van der Waals surface area contributed by atoms with Gasteiger partial charge in [0.25, 0.3) is 0 Å². The molecule has 31 nitrogen and oxygen atoms in total. The number of nitrogens with zero attached hydrogens (tertiary/aromatic N) is 6. The molecule has 4 heterocycles. The molecule has 14 N–H and O–H groups in total. The minimum Gasteiger partial charge on any atom is -0.480 e. The Morgan fingerprint density at radius 1 is 0.551 bits per heavy atom. The van der Waals surface area contributed by atoms with Crippen LogP contribution in [0.5, 0.6) is 0 Å². The van der Waals surface area contributed by atoms with Crippen LogP contribution < -0.4 is 59.0 Å². The number of carbonyl (C=O) groups excluding carboxylic acids is 10. The fraction of sp³-hybridized carbons (Fsp3) is 0.526. The normalized spacial score (nSPS) is 23.4. The largest absolute Gasteiger partial charge is 0.480 e. The summed E-state index contributed by atoms with van der Waals surface area (Å²) in [5.74, 6) is -2.80. The number of rotatable bonds is 16. The van der Waals surface area contributed by atoms with Gasteiger partial charge < -0.3 is 78.2 Å². The summed E-state index contributed by atoms with van der Waals surface area (Å²) in [5, 5.41) is 62.7. The topological polar surface area (TPSA) is 432 Å². The second-order valence-corrected chi connectivity index (χ2v) is 28.7. The summed E-state index contributed by atoms with van der Waals surface area (Å²) in [6.07, 6.45) is 5.74. The van der Waals surface area contributed by atoms with Crippen molar-refractivity contribution in [3.8, 4) is 0 Å². The number of hydrogen-bond acceptors (Lipinski definition) is 18. The molecule has 107 heavy (non-hydrogen) atoms. The van der Waals surface area contributed by atoms with Crippen molar-refractivity contribution < 1.29 is 67.7 Å². The van der Waals surface area contributed by atoms with Crippen LogP contribution in [0, 0.1) is 11.8 Å². The summed E-state index contributed by atoms with van der Waals surface area (Å²) in [6, 6.07) is 13.1. The van der Waals surface area contributed by atoms with Crippen LogP contribution in [0.25, 0.3) is 21.5 Å². The molecule has 8 rings (SSSR count). The van der Waals surface area contributed by atoms with Crippen molar-refractivity contribution in [2.75, 3.05) is 40.3 Å². The number of nitrogens with one attached hydrogen (secondary N) is 10. The minimum absolute atomic E-state index is 0.00479. The Hall–Kier alpha value is -10.4. The van der Waals surface area contributed by atoms with E-state index in [0.29, 0.717) is 29.7 Å². The number of allylic oxidation sites excluding steroid dienone is 1. The first-order valence-electron chi connectivity index (χ1n) is 37.0. The fourth-order valence-electron chi connectivity index (χ4n) is 13.4. The van der Waals surface area contributed by atoms with E-state index in [1.54, 1.807) is 80.0 Å². The smallest absolute Gasteiger partial charge is 0.326 e. The quantitative estimate of drug-likeness (QED) is 0.0626. The molecule has 5 aromatic rings. The summed E-state index contributed by atoms with van der Waals surface area (Å²) in [5.41, 5.74) is 1.67. The third-order valence-corrected chi connectivity index (χ3v) is 20.1. The lowest BCUT2D eigenvalue weighted by atomic mass is 9.99. The number of carboxylic acid groups (broad SMARTS) is 2. The summed E-state index contributed by atoms with van der Waals surface area (Å²) in [7, 11) is 3.20. The molecule has 1 aromatic heterocycles. The zero-order valence-corrected chi connectivity index (χ0v) is 62.2. The van der Waals surface area contributed by atoms with Crippen LogP contribution in [0.2, 0.25) is 0 Å². The van der Waals surface area contributed by atoms with E-state index in [1.165, 1.54) is 25.7 Å². The lowest BCUT2D eigenvalue weighted by Crippen LogP contribution is -2.59. The Labute approximate surface area is 622 Å². The van der Waals surface area contributed by atoms with Gasteiger partial charge in [-0.15, -0.1) is 5.10 Å². The Kier molecular flexibility index (Phi) is 30.2. The Morgan fingerprint density at radius 3 is 1.44 bits per heavy atom. The van der Waals surface area contributed by atoms with Crippen LogP contribution >= 0.6 is 0 Å². The number of aliphatic carboxylic acids is 2. The van der Waals surface area contributed by atoms with Gasteiger partial charge in [-0.25, -0.2) is 20.1 Å². The maximum absolute atomic E-state index is 15.1. The number of carboxylic acids is 2. The second-order valence-electron chi connectivity index (χ2n) is 28.7. The number of benzene rings is 4. The number of hydrazine groups is 1. The number of fused-ring (bicyclic) bond motifs is 9. The van der Waals surface area contributed by atoms with E-state index in [0.717, 1.165) is 21.5 Å². The maximum Gasteiger partial charge on any atom is 0.326 e. The van der Waals surface area contributed by atoms with Gasteiger partial charge >= 0.3 is 11.9 Å². The van der Waals surface area contributed by atoms with E-state index in [9.17, 15) is 63.0 Å². The summed E-state index contributed by atoms with van der Waals surface area (Å²) < 4.78 is 1.50. The molecule has 2 fully saturated rings. The van der Waals surface area contributed by atoms with Crippen molar-refractivity contribution in [2.45, 2.75) is 204 Å². The molecule has 2 saturated heterocycles. The van der Waals surface area contributed by atoms with Gasteiger partial charge in [-0.3, -0.25) is 47.9 Å². The SMILES string of the molecule is CN[C@@H](C)C(=O)N[C@H](C(=O)N1C[C@@H]2C[C@H]1C(=O)N[C@@H](Cc1ccc3ccccc3c1)C(=O)N[C@H](C(=O)O)CCCCNC(=O)CCc1cn(nn1)[C@H]1C[C@@H](C(=O)N[C@@H](Cc3ccc4ccccc4c3)C(=O)N[C@H](C(=O)O)CCCCNC(=O)CC/C=C/N2N)N(C(=O)[C@@H](NC(=O)[C@H](C)NC)C(C)C)C1)C(C)C. The highest BCUT2D eigenvalue weighted by Crippen LogP contribution is 2.31. The first-order valence-corrected chi connectivity index (χ1v) is 37.0. The highest BCUT2D eigenvalue weighted by Gasteiger charge is 2.47. The van der Waals surface area contributed by atoms with Crippen molar-refractivity contribution in [2.24, 2.45) is 17.7 Å². The molecule has 0 unspecified atom stereocenters. The Bertz CT molecular complexity index is 4020. The number of likely N-dealkylation sites (tertiary alicyclic amines) is 2. The molecule has 12 atom stereocenters. The molecule has 10 amide bonds. The van der Waals surface area contributed by atoms with E-state index in [-0.39, 0.29) is 115 Å². The number of carbonyl (C=O) groups is 12. The first kappa shape index (κ1) is 82.3. The summed E-state index contributed by atoms with van der Waals surface area (Å²) in [6.45, 7) is 10.4. The molecule has 4 aromatic carbocycles. The number of amides is 10. The number of aryl methyl sites for hydroxylation is 1. The lowest BCUT2D eigenvalue weighted by Gasteiger charge is -2.32. The lowest BCUT2D eigenvalue weighted by molar-refractivity contribution is -0.144. The van der Waals surface area contributed by atoms with E-state index in [2.05, 4.69) is 63.5 Å². The van der Waals surface area contributed by atoms with Crippen LogP contribution in [-0.2, 0) is 76.8 Å². The molecule has 0 aliphatic carbocycles. The Balaban J connectivity index is 1.05. The van der Waals surface area contributed by atoms with Crippen molar-refractivity contribution in [1.29, 1.82) is 0 Å². The molecular formula is C76H105N17O14. The predicted molar refractivity (Wildman–Crippen MR) is 398 cm³/mol. The minimum atomic E-state index is -1.43. The van der Waals surface area contributed by atoms with Crippen LogP contribution in [0.3, 0.4) is 0 Å². The van der Waals surface area contributed by atoms with Gasteiger partial charge in [0, 0.05) is 83.5 Å². The summed E-state index contributed by atoms with van der Waals surface area (Å²) in [4.78, 5) is 171. The highest BCUT2D eigenvalue weighted by atomic mass is 16.4. The summed E-state index contributed by atoms with van der Waals surface area (Å²) >= 11 is 0. The zero-order valence-electron chi connectivity index (χ0n) is 62.2. The third kappa shape index (κ3) is 23.1. The average Bonchev–Trinajstić information content (AvgIpc) is 1.67. The number of nitrogens with two attached hydrogens (primary N) is 1. The van der Waals surface area contributed by atoms with Gasteiger partial charge in [-0.1, -0.05) is 124 Å². The molecular weight excluding hydrogens is 1370 g/mol. The number of hydrogen-bond donors (Lipinski definition) is 13. The molecule has 3 aliphatic rings. The van der Waals surface area contributed by atoms with E-state index < -0.39 is 144 Å². The van der Waals surface area contributed by atoms with E-state index in [1.807, 2.05) is 72.8 Å². The first-order chi connectivity index (χ1) is 51.1. The third-order valence-electron chi connectivity index (χ3n) is 20.1. The van der Waals surface area contributed by atoms with Gasteiger partial charge in [0.1, 0.15) is 48.3 Å². The van der Waals surface area contributed by atoms with Crippen molar-refractivity contribution in [3.05, 3.63) is 120 Å². The molecule has 0 saturated carbocycles. The molecule has 0 spiro atoms. The molecule has 6 bridgehead atoms. The maximum atomic E-state index is 15.1. The number of likely N-dealkylation sites (N-methyl/N-ethyl adjacent to an activating group) is 2. The molecule has 0 radical (unpaired) electrons. The Morgan fingerprint density at radius 2 is 0.991 bits per heavy atom. The monoisotopic (exact) mass is 1480 g/mol. The predicted octanol–water partition coefficient (Wildman–Crippen LogP) is 1.78. The van der Waals surface area contributed by atoms with Crippen molar-refractivity contribution in [1.82, 2.24) is 83.0 Å². The van der Waals surface area contributed by atoms with E-state index in [4.69, 9.17) is 5.84 Å². The molecule has 578 valence electrons. The van der Waals surface area contributed by atoms with Crippen molar-refractivity contribution in [3.63, 3.8) is 0 Å². The van der Waals surface area contributed by atoms with Gasteiger partial charge in [-0.2, -0.15) is 0 Å². The molecule has 31 heteroatoms. The fourth-order valence-corrected chi connectivity index (χ4v) is 13.4. The second kappa shape index (κ2) is 39.3. The molecule has 3 aliphatic heterocycles. The van der Waals surface area contributed by atoms with Crippen LogP contribution in [0.15, 0.2) is 103 Å². The van der Waals surface area contributed by atoms with Gasteiger partial charge in [0.05, 0.1) is 29.9 Å². The van der Waals surface area contributed by atoms with Gasteiger partial charge in [-0.05, 0) is 117 Å². The van der Waals surface area contributed by atoms with Gasteiger partial charge in [0.2, 0.25) is 59.1 Å². The van der Waals surface area contributed by atoms with E-state index >= 15 is 4.79 Å². The van der Waals surface area contributed by atoms with Crippen LogP contribution in [0.4, 0.5) is 0 Å². The zero-order chi connectivity index (χ0) is 77.6. The van der Waals surface area contributed by atoms with Crippen LogP contribution in [-0.4, -0.2) is 218 Å². The number of aromatic nitrogens is 3. The van der Waals surface area contributed by atoms with Crippen molar-refractivity contribution >= 4 is 92.6 Å².